The van der Waals surface area contributed by atoms with Gasteiger partial charge >= 0.3 is 0 Å². The van der Waals surface area contributed by atoms with Gasteiger partial charge in [-0.1, -0.05) is 57.2 Å². The Morgan fingerprint density at radius 1 is 1.18 bits per heavy atom. The van der Waals surface area contributed by atoms with Crippen molar-refractivity contribution in [2.45, 2.75) is 46.6 Å². The molecule has 0 spiro atoms. The van der Waals surface area contributed by atoms with Crippen LogP contribution in [0.1, 0.15) is 54.3 Å². The molecule has 2 aromatic heterocycles. The molecule has 0 radical (unpaired) electrons. The van der Waals surface area contributed by atoms with Crippen LogP contribution in [0.5, 0.6) is 0 Å². The number of rotatable bonds is 4. The monoisotopic (exact) mass is 469 g/mol. The van der Waals surface area contributed by atoms with Crippen LogP contribution in [0, 0.1) is 28.5 Å². The lowest BCUT2D eigenvalue weighted by atomic mass is 9.72. The molecule has 0 saturated carbocycles. The second-order valence-electron chi connectivity index (χ2n) is 10.2. The number of aliphatic imine (C=N–C) groups is 1. The van der Waals surface area contributed by atoms with Crippen LogP contribution >= 0.6 is 11.3 Å². The minimum Gasteiger partial charge on any atom is -0.342 e. The molecule has 5 rings (SSSR count). The summed E-state index contributed by atoms with van der Waals surface area (Å²) in [6, 6.07) is 17.4. The minimum atomic E-state index is -0.202. The molecule has 0 N–H and O–H groups in total. The van der Waals surface area contributed by atoms with Gasteiger partial charge in [0.1, 0.15) is 16.9 Å². The average Bonchev–Trinajstić information content (AvgIpc) is 3.35. The van der Waals surface area contributed by atoms with E-state index in [0.29, 0.717) is 18.0 Å². The molecule has 2 heterocycles. The lowest BCUT2D eigenvalue weighted by Crippen LogP contribution is -2.26. The van der Waals surface area contributed by atoms with Crippen molar-refractivity contribution in [3.8, 4) is 6.07 Å². The van der Waals surface area contributed by atoms with E-state index in [0.717, 1.165) is 46.3 Å². The van der Waals surface area contributed by atoms with E-state index in [1.165, 1.54) is 16.5 Å². The third-order valence-electron chi connectivity index (χ3n) is 7.02. The normalized spacial score (nSPS) is 16.1. The van der Waals surface area contributed by atoms with Gasteiger partial charge in [-0.25, -0.2) is 9.38 Å². The number of nitriles is 1. The molecule has 5 heteroatoms. The van der Waals surface area contributed by atoms with Gasteiger partial charge in [0.05, 0.1) is 12.1 Å². The van der Waals surface area contributed by atoms with Crippen molar-refractivity contribution < 1.29 is 4.39 Å². The lowest BCUT2D eigenvalue weighted by Gasteiger charge is -2.33. The highest BCUT2D eigenvalue weighted by molar-refractivity contribution is 7.16. The predicted molar refractivity (Wildman–Crippen MR) is 139 cm³/mol. The Labute approximate surface area is 204 Å². The van der Waals surface area contributed by atoms with Gasteiger partial charge in [0, 0.05) is 39.3 Å². The lowest BCUT2D eigenvalue weighted by molar-refractivity contribution is 0.218. The summed E-state index contributed by atoms with van der Waals surface area (Å²) in [5, 5.41) is 11.8. The van der Waals surface area contributed by atoms with Crippen molar-refractivity contribution in [2.24, 2.45) is 16.3 Å². The Kier molecular flexibility index (Phi) is 5.87. The number of fused-ring (bicyclic) bond motifs is 2. The summed E-state index contributed by atoms with van der Waals surface area (Å²) >= 11 is 1.67. The zero-order valence-corrected chi connectivity index (χ0v) is 20.6. The molecule has 34 heavy (non-hydrogen) atoms. The van der Waals surface area contributed by atoms with Gasteiger partial charge in [-0.05, 0) is 48.3 Å². The summed E-state index contributed by atoms with van der Waals surface area (Å²) in [5.41, 5.74) is 4.84. The number of para-hydroxylation sites is 1. The van der Waals surface area contributed by atoms with Crippen LogP contribution in [0.15, 0.2) is 59.7 Å². The molecule has 1 atom stereocenters. The van der Waals surface area contributed by atoms with Crippen LogP contribution in [0.3, 0.4) is 0 Å². The maximum absolute atomic E-state index is 14.3. The molecule has 1 aliphatic carbocycles. The SMILES string of the molecule is CC(C)(C)[C@@H]1CCc2c(sc(N=Cc3cn(Cc4ccccc4F)c4ccccc34)c2C#N)C1. The van der Waals surface area contributed by atoms with E-state index in [4.69, 9.17) is 4.99 Å². The van der Waals surface area contributed by atoms with Crippen LogP contribution in [-0.4, -0.2) is 10.8 Å². The van der Waals surface area contributed by atoms with E-state index in [-0.39, 0.29) is 11.2 Å². The Morgan fingerprint density at radius 3 is 2.71 bits per heavy atom. The van der Waals surface area contributed by atoms with Crippen molar-refractivity contribution >= 4 is 33.5 Å². The number of hydrogen-bond donors (Lipinski definition) is 0. The number of nitrogens with zero attached hydrogens (tertiary/aromatic N) is 3. The summed E-state index contributed by atoms with van der Waals surface area (Å²) in [7, 11) is 0. The second-order valence-corrected chi connectivity index (χ2v) is 11.3. The number of benzene rings is 2. The maximum atomic E-state index is 14.3. The van der Waals surface area contributed by atoms with Crippen LogP contribution in [0.2, 0.25) is 0 Å². The van der Waals surface area contributed by atoms with Crippen molar-refractivity contribution in [1.29, 1.82) is 5.26 Å². The molecule has 0 aliphatic heterocycles. The predicted octanol–water partition coefficient (Wildman–Crippen LogP) is 7.66. The number of aromatic nitrogens is 1. The van der Waals surface area contributed by atoms with Gasteiger partial charge in [0.15, 0.2) is 0 Å². The summed E-state index contributed by atoms with van der Waals surface area (Å²) in [6.07, 6.45) is 6.98. The second kappa shape index (κ2) is 8.85. The highest BCUT2D eigenvalue weighted by atomic mass is 32.1. The van der Waals surface area contributed by atoms with Gasteiger partial charge in [-0.2, -0.15) is 5.26 Å². The van der Waals surface area contributed by atoms with Gasteiger partial charge in [0.25, 0.3) is 0 Å². The first kappa shape index (κ1) is 22.6. The third-order valence-corrected chi connectivity index (χ3v) is 8.18. The van der Waals surface area contributed by atoms with E-state index in [2.05, 4.69) is 37.5 Å². The van der Waals surface area contributed by atoms with Gasteiger partial charge in [-0.3, -0.25) is 0 Å². The fraction of sp³-hybridized carbons (Fsp3) is 0.310. The zero-order valence-electron chi connectivity index (χ0n) is 19.8. The fourth-order valence-corrected chi connectivity index (χ4v) is 6.19. The summed E-state index contributed by atoms with van der Waals surface area (Å²) < 4.78 is 16.3. The van der Waals surface area contributed by atoms with Crippen molar-refractivity contribution in [1.82, 2.24) is 4.57 Å². The third kappa shape index (κ3) is 4.19. The highest BCUT2D eigenvalue weighted by Gasteiger charge is 2.32. The molecular weight excluding hydrogens is 441 g/mol. The van der Waals surface area contributed by atoms with Crippen molar-refractivity contribution in [3.05, 3.63) is 87.7 Å². The highest BCUT2D eigenvalue weighted by Crippen LogP contribution is 2.45. The molecule has 0 amide bonds. The fourth-order valence-electron chi connectivity index (χ4n) is 4.96. The number of thiophene rings is 1. The van der Waals surface area contributed by atoms with E-state index in [1.807, 2.05) is 42.7 Å². The molecule has 1 aliphatic rings. The molecular formula is C29H28FN3S. The Balaban J connectivity index is 1.49. The molecule has 172 valence electrons. The molecule has 2 aromatic carbocycles. The zero-order chi connectivity index (χ0) is 23.9. The Bertz CT molecular complexity index is 1430. The molecule has 4 aromatic rings. The van der Waals surface area contributed by atoms with Crippen LogP contribution in [-0.2, 0) is 19.4 Å². The van der Waals surface area contributed by atoms with Crippen LogP contribution in [0.25, 0.3) is 10.9 Å². The standard InChI is InChI=1S/C29H28FN3S/c1-29(2,3)21-12-13-23-24(15-31)28(34-27(23)14-21)32-16-20-18-33(26-11-7-5-9-22(20)26)17-19-8-4-6-10-25(19)30/h4-11,16,18,21H,12-14,17H2,1-3H3/t21-/m1/s1. The summed E-state index contributed by atoms with van der Waals surface area (Å²) in [5.74, 6) is 0.422. The molecule has 0 bridgehead atoms. The molecule has 3 nitrogen and oxygen atoms in total. The van der Waals surface area contributed by atoms with Crippen LogP contribution in [0.4, 0.5) is 9.39 Å². The molecule has 0 fully saturated rings. The largest absolute Gasteiger partial charge is 0.342 e. The summed E-state index contributed by atoms with van der Waals surface area (Å²) in [6.45, 7) is 7.36. The van der Waals surface area contributed by atoms with Crippen LogP contribution < -0.4 is 0 Å². The van der Waals surface area contributed by atoms with E-state index in [9.17, 15) is 9.65 Å². The Morgan fingerprint density at radius 2 is 1.94 bits per heavy atom. The first-order chi connectivity index (χ1) is 16.3. The van der Waals surface area contributed by atoms with Gasteiger partial charge in [0.2, 0.25) is 0 Å². The van der Waals surface area contributed by atoms with E-state index >= 15 is 0 Å². The number of halogens is 1. The summed E-state index contributed by atoms with van der Waals surface area (Å²) in [4.78, 5) is 6.13. The van der Waals surface area contributed by atoms with Crippen molar-refractivity contribution in [3.63, 3.8) is 0 Å². The first-order valence-corrected chi connectivity index (χ1v) is 12.6. The minimum absolute atomic E-state index is 0.202. The quantitative estimate of drug-likeness (QED) is 0.283. The van der Waals surface area contributed by atoms with Gasteiger partial charge < -0.3 is 4.57 Å². The average molecular weight is 470 g/mol. The maximum Gasteiger partial charge on any atom is 0.134 e. The Hall–Kier alpha value is -3.23. The molecule has 0 unspecified atom stereocenters. The molecule has 0 saturated heterocycles. The topological polar surface area (TPSA) is 41.1 Å². The number of hydrogen-bond acceptors (Lipinski definition) is 3. The van der Waals surface area contributed by atoms with Gasteiger partial charge in [-0.15, -0.1) is 11.3 Å². The van der Waals surface area contributed by atoms with Crippen molar-refractivity contribution in [2.75, 3.05) is 0 Å². The van der Waals surface area contributed by atoms with E-state index in [1.54, 1.807) is 17.4 Å². The van der Waals surface area contributed by atoms with E-state index < -0.39 is 0 Å². The smallest absolute Gasteiger partial charge is 0.134 e. The first-order valence-electron chi connectivity index (χ1n) is 11.7.